The lowest BCUT2D eigenvalue weighted by Crippen LogP contribution is -2.28. The summed E-state index contributed by atoms with van der Waals surface area (Å²) >= 11 is 0. The molecule has 0 bridgehead atoms. The monoisotopic (exact) mass is 263 g/mol. The average Bonchev–Trinajstić information content (AvgIpc) is 2.74. The molecule has 0 aliphatic carbocycles. The summed E-state index contributed by atoms with van der Waals surface area (Å²) in [6.45, 7) is 6.79. The maximum Gasteiger partial charge on any atom is 0.264 e. The molecule has 0 aliphatic heterocycles. The third-order valence-electron chi connectivity index (χ3n) is 3.15. The van der Waals surface area contributed by atoms with Crippen LogP contribution < -0.4 is 10.9 Å². The van der Waals surface area contributed by atoms with E-state index in [-0.39, 0.29) is 5.56 Å². The van der Waals surface area contributed by atoms with Gasteiger partial charge in [0.15, 0.2) is 5.65 Å². The largest absolute Gasteiger partial charge is 0.315 e. The molecule has 0 fully saturated rings. The van der Waals surface area contributed by atoms with E-state index >= 15 is 0 Å². The number of aryl methyl sites for hydroxylation is 1. The molecule has 0 saturated heterocycles. The molecular formula is C13H21N5O. The molecule has 19 heavy (non-hydrogen) atoms. The van der Waals surface area contributed by atoms with Gasteiger partial charge in [0.1, 0.15) is 11.7 Å². The van der Waals surface area contributed by atoms with Gasteiger partial charge in [-0.25, -0.2) is 4.98 Å². The number of fused-ring (bicyclic) bond motifs is 1. The summed E-state index contributed by atoms with van der Waals surface area (Å²) in [6, 6.07) is 0. The van der Waals surface area contributed by atoms with Crippen molar-refractivity contribution < 1.29 is 0 Å². The van der Waals surface area contributed by atoms with Gasteiger partial charge in [-0.15, -0.1) is 0 Å². The van der Waals surface area contributed by atoms with Crippen molar-refractivity contribution in [2.24, 2.45) is 13.0 Å². The Balaban J connectivity index is 1.98. The van der Waals surface area contributed by atoms with Crippen LogP contribution in [0.5, 0.6) is 0 Å². The standard InChI is InChI=1S/C13H21N5O/c1-10(2)4-5-14-6-7-18-9-15-12-11(13(18)19)8-16-17(12)3/h8-10,14H,4-7H2,1-3H3. The summed E-state index contributed by atoms with van der Waals surface area (Å²) in [4.78, 5) is 16.4. The van der Waals surface area contributed by atoms with Gasteiger partial charge in [0.05, 0.1) is 6.20 Å². The number of hydrogen-bond donors (Lipinski definition) is 1. The van der Waals surface area contributed by atoms with Gasteiger partial charge >= 0.3 is 0 Å². The fourth-order valence-corrected chi connectivity index (χ4v) is 1.94. The van der Waals surface area contributed by atoms with Crippen LogP contribution in [0.25, 0.3) is 11.0 Å². The minimum Gasteiger partial charge on any atom is -0.315 e. The van der Waals surface area contributed by atoms with Crippen LogP contribution in [-0.4, -0.2) is 32.4 Å². The topological polar surface area (TPSA) is 64.7 Å². The minimum absolute atomic E-state index is 0.0243. The molecule has 2 aromatic heterocycles. The lowest BCUT2D eigenvalue weighted by atomic mass is 10.1. The SMILES string of the molecule is CC(C)CCNCCn1cnc2c(cnn2C)c1=O. The van der Waals surface area contributed by atoms with E-state index in [2.05, 4.69) is 29.2 Å². The second kappa shape index (κ2) is 5.97. The van der Waals surface area contributed by atoms with Crippen molar-refractivity contribution in [1.29, 1.82) is 0 Å². The van der Waals surface area contributed by atoms with Crippen LogP contribution in [0.3, 0.4) is 0 Å². The van der Waals surface area contributed by atoms with Crippen LogP contribution in [0.4, 0.5) is 0 Å². The molecule has 2 heterocycles. The molecule has 6 nitrogen and oxygen atoms in total. The van der Waals surface area contributed by atoms with Gasteiger partial charge in [0.25, 0.3) is 5.56 Å². The highest BCUT2D eigenvalue weighted by molar-refractivity contribution is 5.72. The third-order valence-corrected chi connectivity index (χ3v) is 3.15. The van der Waals surface area contributed by atoms with Crippen molar-refractivity contribution in [2.45, 2.75) is 26.8 Å². The number of rotatable bonds is 6. The Bertz CT molecular complexity index is 599. The Morgan fingerprint density at radius 2 is 2.16 bits per heavy atom. The molecule has 0 radical (unpaired) electrons. The van der Waals surface area contributed by atoms with Crippen LogP contribution >= 0.6 is 0 Å². The van der Waals surface area contributed by atoms with Crippen molar-refractivity contribution in [3.05, 3.63) is 22.9 Å². The molecule has 2 rings (SSSR count). The van der Waals surface area contributed by atoms with E-state index in [1.807, 2.05) is 0 Å². The molecule has 0 amide bonds. The second-order valence-corrected chi connectivity index (χ2v) is 5.18. The fraction of sp³-hybridized carbons (Fsp3) is 0.615. The average molecular weight is 263 g/mol. The number of aromatic nitrogens is 4. The number of nitrogens with zero attached hydrogens (tertiary/aromatic N) is 4. The molecule has 2 aromatic rings. The Hall–Kier alpha value is -1.69. The lowest BCUT2D eigenvalue weighted by molar-refractivity contribution is 0.515. The third kappa shape index (κ3) is 3.20. The van der Waals surface area contributed by atoms with Gasteiger partial charge in [-0.05, 0) is 18.9 Å². The molecule has 1 N–H and O–H groups in total. The molecule has 0 unspecified atom stereocenters. The van der Waals surface area contributed by atoms with Crippen molar-refractivity contribution >= 4 is 11.0 Å². The summed E-state index contributed by atoms with van der Waals surface area (Å²) in [5, 5.41) is 7.97. The number of nitrogens with one attached hydrogen (secondary N) is 1. The summed E-state index contributed by atoms with van der Waals surface area (Å²) in [5.74, 6) is 0.698. The van der Waals surface area contributed by atoms with Crippen molar-refractivity contribution in [3.8, 4) is 0 Å². The van der Waals surface area contributed by atoms with E-state index < -0.39 is 0 Å². The summed E-state index contributed by atoms with van der Waals surface area (Å²) in [5.41, 5.74) is 0.609. The van der Waals surface area contributed by atoms with E-state index in [0.29, 0.717) is 23.5 Å². The molecule has 0 saturated carbocycles. The first kappa shape index (κ1) is 13.7. The molecule has 0 aromatic carbocycles. The predicted octanol–water partition coefficient (Wildman–Crippen LogP) is 0.766. The Labute approximate surface area is 112 Å². The van der Waals surface area contributed by atoms with Crippen LogP contribution in [0.1, 0.15) is 20.3 Å². The summed E-state index contributed by atoms with van der Waals surface area (Å²) in [7, 11) is 1.78. The van der Waals surface area contributed by atoms with Crippen LogP contribution in [-0.2, 0) is 13.6 Å². The fourth-order valence-electron chi connectivity index (χ4n) is 1.94. The van der Waals surface area contributed by atoms with Crippen LogP contribution in [0, 0.1) is 5.92 Å². The number of hydrogen-bond acceptors (Lipinski definition) is 4. The normalized spacial score (nSPS) is 11.6. The van der Waals surface area contributed by atoms with Gasteiger partial charge in [0.2, 0.25) is 0 Å². The Morgan fingerprint density at radius 3 is 2.89 bits per heavy atom. The lowest BCUT2D eigenvalue weighted by Gasteiger charge is -2.08. The highest BCUT2D eigenvalue weighted by Crippen LogP contribution is 2.02. The first-order valence-corrected chi connectivity index (χ1v) is 6.67. The van der Waals surface area contributed by atoms with E-state index in [9.17, 15) is 4.79 Å². The molecule has 6 heteroatoms. The van der Waals surface area contributed by atoms with Gasteiger partial charge in [-0.2, -0.15) is 5.10 Å². The zero-order chi connectivity index (χ0) is 13.8. The molecule has 104 valence electrons. The highest BCUT2D eigenvalue weighted by Gasteiger charge is 2.07. The molecular weight excluding hydrogens is 242 g/mol. The Morgan fingerprint density at radius 1 is 1.37 bits per heavy atom. The van der Waals surface area contributed by atoms with Crippen molar-refractivity contribution in [2.75, 3.05) is 13.1 Å². The van der Waals surface area contributed by atoms with Gasteiger partial charge in [-0.1, -0.05) is 13.8 Å². The van der Waals surface area contributed by atoms with E-state index in [4.69, 9.17) is 0 Å². The van der Waals surface area contributed by atoms with Gasteiger partial charge in [-0.3, -0.25) is 14.0 Å². The van der Waals surface area contributed by atoms with Gasteiger partial charge < -0.3 is 5.32 Å². The maximum absolute atomic E-state index is 12.2. The summed E-state index contributed by atoms with van der Waals surface area (Å²) in [6.07, 6.45) is 4.32. The first-order chi connectivity index (χ1) is 9.09. The van der Waals surface area contributed by atoms with Crippen molar-refractivity contribution in [1.82, 2.24) is 24.6 Å². The minimum atomic E-state index is -0.0243. The Kier molecular flexibility index (Phi) is 4.31. The van der Waals surface area contributed by atoms with Crippen LogP contribution in [0.15, 0.2) is 17.3 Å². The van der Waals surface area contributed by atoms with Crippen molar-refractivity contribution in [3.63, 3.8) is 0 Å². The smallest absolute Gasteiger partial charge is 0.264 e. The summed E-state index contributed by atoms with van der Waals surface area (Å²) < 4.78 is 3.24. The molecule has 0 spiro atoms. The molecule has 0 aliphatic rings. The highest BCUT2D eigenvalue weighted by atomic mass is 16.1. The first-order valence-electron chi connectivity index (χ1n) is 6.67. The van der Waals surface area contributed by atoms with Gasteiger partial charge in [0, 0.05) is 20.1 Å². The van der Waals surface area contributed by atoms with E-state index in [1.54, 1.807) is 28.8 Å². The van der Waals surface area contributed by atoms with Crippen LogP contribution in [0.2, 0.25) is 0 Å². The zero-order valence-electron chi connectivity index (χ0n) is 11.8. The zero-order valence-corrected chi connectivity index (χ0v) is 11.8. The predicted molar refractivity (Wildman–Crippen MR) is 75.1 cm³/mol. The second-order valence-electron chi connectivity index (χ2n) is 5.18. The maximum atomic E-state index is 12.2. The van der Waals surface area contributed by atoms with E-state index in [0.717, 1.165) is 19.5 Å². The van der Waals surface area contributed by atoms with E-state index in [1.165, 1.54) is 0 Å². The molecule has 0 atom stereocenters. The quantitative estimate of drug-likeness (QED) is 0.782.